The van der Waals surface area contributed by atoms with Gasteiger partial charge in [-0.3, -0.25) is 4.79 Å². The molecule has 2 rings (SSSR count). The number of likely N-dealkylation sites (N-methyl/N-ethyl adjacent to an activating group) is 1. The maximum atomic E-state index is 11.1. The van der Waals surface area contributed by atoms with Gasteiger partial charge in [0.05, 0.1) is 5.02 Å². The fraction of sp³-hybridized carbons (Fsp3) is 0.417. The topological polar surface area (TPSA) is 55.6 Å². The summed E-state index contributed by atoms with van der Waals surface area (Å²) in [6.45, 7) is 1.88. The average molecular weight is 255 g/mol. The Hall–Kier alpha value is -1.26. The first-order chi connectivity index (χ1) is 8.06. The first-order valence-electron chi connectivity index (χ1n) is 5.51. The smallest absolute Gasteiger partial charge is 0.248 e. The van der Waals surface area contributed by atoms with Gasteiger partial charge in [-0.25, -0.2) is 0 Å². The van der Waals surface area contributed by atoms with E-state index in [-0.39, 0.29) is 6.10 Å². The first-order valence-corrected chi connectivity index (χ1v) is 5.88. The van der Waals surface area contributed by atoms with Crippen molar-refractivity contribution < 1.29 is 9.53 Å². The van der Waals surface area contributed by atoms with Crippen LogP contribution < -0.4 is 10.5 Å². The molecule has 1 heterocycles. The molecule has 0 aromatic heterocycles. The number of amides is 1. The lowest BCUT2D eigenvalue weighted by molar-refractivity contribution is 0.0999. The van der Waals surface area contributed by atoms with E-state index in [0.29, 0.717) is 16.3 Å². The minimum atomic E-state index is -0.477. The molecule has 92 valence electrons. The number of ether oxygens (including phenoxy) is 1. The minimum Gasteiger partial charge on any atom is -0.487 e. The molecule has 1 fully saturated rings. The lowest BCUT2D eigenvalue weighted by atomic mass is 10.2. The van der Waals surface area contributed by atoms with E-state index in [0.717, 1.165) is 19.5 Å². The molecule has 1 amide bonds. The van der Waals surface area contributed by atoms with Crippen molar-refractivity contribution in [2.24, 2.45) is 5.73 Å². The van der Waals surface area contributed by atoms with Crippen LogP contribution in [-0.2, 0) is 0 Å². The van der Waals surface area contributed by atoms with Crippen molar-refractivity contribution in [2.45, 2.75) is 12.5 Å². The van der Waals surface area contributed by atoms with E-state index in [1.807, 2.05) is 7.05 Å². The molecule has 0 unspecified atom stereocenters. The molecule has 17 heavy (non-hydrogen) atoms. The fourth-order valence-corrected chi connectivity index (χ4v) is 2.08. The van der Waals surface area contributed by atoms with Crippen molar-refractivity contribution in [1.82, 2.24) is 4.90 Å². The van der Waals surface area contributed by atoms with E-state index in [4.69, 9.17) is 22.1 Å². The number of rotatable bonds is 3. The van der Waals surface area contributed by atoms with Crippen LogP contribution >= 0.6 is 11.6 Å². The molecule has 0 bridgehead atoms. The Labute approximate surface area is 105 Å². The van der Waals surface area contributed by atoms with Crippen molar-refractivity contribution >= 4 is 17.5 Å². The number of hydrogen-bond acceptors (Lipinski definition) is 3. The van der Waals surface area contributed by atoms with Gasteiger partial charge in [0.15, 0.2) is 0 Å². The number of nitrogens with two attached hydrogens (primary N) is 1. The highest BCUT2D eigenvalue weighted by atomic mass is 35.5. The normalized spacial score (nSPS) is 20.5. The van der Waals surface area contributed by atoms with Crippen molar-refractivity contribution in [1.29, 1.82) is 0 Å². The van der Waals surface area contributed by atoms with E-state index in [2.05, 4.69) is 4.90 Å². The lowest BCUT2D eigenvalue weighted by Gasteiger charge is -2.15. The van der Waals surface area contributed by atoms with Gasteiger partial charge in [-0.15, -0.1) is 0 Å². The summed E-state index contributed by atoms with van der Waals surface area (Å²) in [4.78, 5) is 13.3. The van der Waals surface area contributed by atoms with Crippen molar-refractivity contribution in [3.8, 4) is 5.75 Å². The first kappa shape index (κ1) is 12.2. The van der Waals surface area contributed by atoms with Crippen molar-refractivity contribution in [2.75, 3.05) is 20.1 Å². The number of primary amides is 1. The van der Waals surface area contributed by atoms with Gasteiger partial charge in [0.1, 0.15) is 11.9 Å². The molecule has 1 aromatic rings. The molecule has 1 saturated heterocycles. The summed E-state index contributed by atoms with van der Waals surface area (Å²) >= 11 is 6.02. The van der Waals surface area contributed by atoms with E-state index < -0.39 is 5.91 Å². The third kappa shape index (κ3) is 2.90. The molecule has 4 nitrogen and oxygen atoms in total. The molecule has 0 saturated carbocycles. The largest absolute Gasteiger partial charge is 0.487 e. The standard InChI is InChI=1S/C12H15ClN2O2/c1-15-5-4-9(7-15)17-11-6-8(12(14)16)2-3-10(11)13/h2-3,6,9H,4-5,7H2,1H3,(H2,14,16)/t9-/m1/s1. The van der Waals surface area contributed by atoms with Gasteiger partial charge >= 0.3 is 0 Å². The average Bonchev–Trinajstić information content (AvgIpc) is 2.67. The van der Waals surface area contributed by atoms with E-state index in [9.17, 15) is 4.79 Å². The highest BCUT2D eigenvalue weighted by molar-refractivity contribution is 6.32. The number of carbonyl (C=O) groups excluding carboxylic acids is 1. The highest BCUT2D eigenvalue weighted by Crippen LogP contribution is 2.28. The van der Waals surface area contributed by atoms with E-state index >= 15 is 0 Å². The number of likely N-dealkylation sites (tertiary alicyclic amines) is 1. The molecular formula is C12H15ClN2O2. The van der Waals surface area contributed by atoms with Crippen molar-refractivity contribution in [3.63, 3.8) is 0 Å². The highest BCUT2D eigenvalue weighted by Gasteiger charge is 2.22. The molecule has 1 aliphatic heterocycles. The Balaban J connectivity index is 2.14. The Bertz CT molecular complexity index is 437. The molecular weight excluding hydrogens is 240 g/mol. The second kappa shape index (κ2) is 4.94. The summed E-state index contributed by atoms with van der Waals surface area (Å²) in [5, 5.41) is 0.504. The van der Waals surface area contributed by atoms with E-state index in [1.54, 1.807) is 18.2 Å². The molecule has 0 spiro atoms. The van der Waals surface area contributed by atoms with Crippen LogP contribution in [0.4, 0.5) is 0 Å². The van der Waals surface area contributed by atoms with Crippen molar-refractivity contribution in [3.05, 3.63) is 28.8 Å². The number of halogens is 1. The van der Waals surface area contributed by atoms with Crippen LogP contribution in [0.5, 0.6) is 5.75 Å². The van der Waals surface area contributed by atoms with Crippen LogP contribution in [0.25, 0.3) is 0 Å². The number of hydrogen-bond donors (Lipinski definition) is 1. The Morgan fingerprint density at radius 1 is 1.59 bits per heavy atom. The number of carbonyl (C=O) groups is 1. The molecule has 0 radical (unpaired) electrons. The van der Waals surface area contributed by atoms with Gasteiger partial charge in [0, 0.05) is 18.7 Å². The van der Waals surface area contributed by atoms with Crippen LogP contribution in [0.3, 0.4) is 0 Å². The van der Waals surface area contributed by atoms with Gasteiger partial charge in [-0.05, 0) is 31.7 Å². The van der Waals surface area contributed by atoms with Gasteiger partial charge < -0.3 is 15.4 Å². The Morgan fingerprint density at radius 2 is 2.35 bits per heavy atom. The quantitative estimate of drug-likeness (QED) is 0.890. The molecule has 1 aromatic carbocycles. The summed E-state index contributed by atoms with van der Waals surface area (Å²) in [7, 11) is 2.05. The lowest BCUT2D eigenvalue weighted by Crippen LogP contribution is -2.21. The minimum absolute atomic E-state index is 0.126. The third-order valence-electron chi connectivity index (χ3n) is 2.86. The summed E-state index contributed by atoms with van der Waals surface area (Å²) in [6, 6.07) is 4.83. The third-order valence-corrected chi connectivity index (χ3v) is 3.17. The summed E-state index contributed by atoms with van der Waals surface area (Å²) in [5.74, 6) is 0.0540. The zero-order valence-electron chi connectivity index (χ0n) is 9.65. The SMILES string of the molecule is CN1CC[C@@H](Oc2cc(C(N)=O)ccc2Cl)C1. The van der Waals surface area contributed by atoms with Crippen LogP contribution in [0.1, 0.15) is 16.8 Å². The summed E-state index contributed by atoms with van der Waals surface area (Å²) in [6.07, 6.45) is 1.09. The fourth-order valence-electron chi connectivity index (χ4n) is 1.92. The van der Waals surface area contributed by atoms with E-state index in [1.165, 1.54) is 0 Å². The summed E-state index contributed by atoms with van der Waals surface area (Å²) in [5.41, 5.74) is 5.63. The molecule has 0 aliphatic carbocycles. The molecule has 1 atom stereocenters. The summed E-state index contributed by atoms with van der Waals surface area (Å²) < 4.78 is 5.79. The maximum absolute atomic E-state index is 11.1. The Morgan fingerprint density at radius 3 is 2.94 bits per heavy atom. The number of benzene rings is 1. The Kier molecular flexibility index (Phi) is 3.54. The molecule has 1 aliphatic rings. The van der Waals surface area contributed by atoms with Gasteiger partial charge in [0.2, 0.25) is 5.91 Å². The molecule has 5 heteroatoms. The van der Waals surface area contributed by atoms with Gasteiger partial charge in [0.25, 0.3) is 0 Å². The second-order valence-corrected chi connectivity index (χ2v) is 4.71. The predicted octanol–water partition coefficient (Wildman–Crippen LogP) is 1.52. The number of nitrogens with zero attached hydrogens (tertiary/aromatic N) is 1. The maximum Gasteiger partial charge on any atom is 0.248 e. The monoisotopic (exact) mass is 254 g/mol. The van der Waals surface area contributed by atoms with Gasteiger partial charge in [-0.2, -0.15) is 0 Å². The molecule has 2 N–H and O–H groups in total. The predicted molar refractivity (Wildman–Crippen MR) is 66.5 cm³/mol. The zero-order chi connectivity index (χ0) is 12.4. The zero-order valence-corrected chi connectivity index (χ0v) is 10.4. The van der Waals surface area contributed by atoms with Crippen LogP contribution in [-0.4, -0.2) is 37.0 Å². The van der Waals surface area contributed by atoms with Crippen LogP contribution in [0, 0.1) is 0 Å². The second-order valence-electron chi connectivity index (χ2n) is 4.30. The van der Waals surface area contributed by atoms with Gasteiger partial charge in [-0.1, -0.05) is 11.6 Å². The van der Waals surface area contributed by atoms with Crippen LogP contribution in [0.2, 0.25) is 5.02 Å². The van der Waals surface area contributed by atoms with Crippen LogP contribution in [0.15, 0.2) is 18.2 Å².